The summed E-state index contributed by atoms with van der Waals surface area (Å²) in [5.41, 5.74) is -0.0185. The molecule has 0 saturated heterocycles. The number of nitrogens with zero attached hydrogens (tertiary/aromatic N) is 1. The second-order valence-electron chi connectivity index (χ2n) is 4.16. The summed E-state index contributed by atoms with van der Waals surface area (Å²) >= 11 is 0. The van der Waals surface area contributed by atoms with Gasteiger partial charge in [-0.15, -0.1) is 0 Å². The topological polar surface area (TPSA) is 70.3 Å². The molecule has 0 bridgehead atoms. The number of rotatable bonds is 4. The Kier molecular flexibility index (Phi) is 4.14. The van der Waals surface area contributed by atoms with E-state index < -0.39 is 23.2 Å². The molecule has 106 valence electrons. The first kappa shape index (κ1) is 14.5. The molecule has 0 aromatic heterocycles. The molecule has 0 fully saturated rings. The predicted molar refractivity (Wildman–Crippen MR) is 68.8 cm³/mol. The van der Waals surface area contributed by atoms with Crippen LogP contribution < -0.4 is 4.74 Å². The first-order valence-electron chi connectivity index (χ1n) is 5.85. The van der Waals surface area contributed by atoms with E-state index in [0.717, 1.165) is 18.2 Å². The number of hydrogen-bond donors (Lipinski definition) is 1. The molecule has 0 atom stereocenters. The van der Waals surface area contributed by atoms with Crippen molar-refractivity contribution in [3.8, 4) is 11.8 Å². The van der Waals surface area contributed by atoms with Crippen LogP contribution in [0.5, 0.6) is 5.75 Å². The van der Waals surface area contributed by atoms with E-state index in [1.807, 2.05) is 0 Å². The molecule has 0 unspecified atom stereocenters. The van der Waals surface area contributed by atoms with Crippen LogP contribution in [0.3, 0.4) is 0 Å². The van der Waals surface area contributed by atoms with Gasteiger partial charge in [0.05, 0.1) is 11.1 Å². The highest BCUT2D eigenvalue weighted by atomic mass is 19.1. The smallest absolute Gasteiger partial charge is 0.338 e. The van der Waals surface area contributed by atoms with E-state index in [9.17, 15) is 13.6 Å². The van der Waals surface area contributed by atoms with E-state index in [4.69, 9.17) is 15.1 Å². The van der Waals surface area contributed by atoms with Crippen molar-refractivity contribution < 1.29 is 23.4 Å². The molecule has 0 spiro atoms. The van der Waals surface area contributed by atoms with Crippen LogP contribution in [0.25, 0.3) is 0 Å². The lowest BCUT2D eigenvalue weighted by Crippen LogP contribution is -2.02. The number of halogens is 2. The zero-order valence-corrected chi connectivity index (χ0v) is 10.6. The Hall–Kier alpha value is -2.94. The molecule has 0 radical (unpaired) electrons. The summed E-state index contributed by atoms with van der Waals surface area (Å²) in [6.07, 6.45) is 0. The predicted octanol–water partition coefficient (Wildman–Crippen LogP) is 3.11. The van der Waals surface area contributed by atoms with Gasteiger partial charge in [-0.25, -0.2) is 13.6 Å². The van der Waals surface area contributed by atoms with Gasteiger partial charge in [0.25, 0.3) is 0 Å². The summed E-state index contributed by atoms with van der Waals surface area (Å²) in [6, 6.07) is 9.00. The van der Waals surface area contributed by atoms with Gasteiger partial charge in [-0.2, -0.15) is 5.26 Å². The first-order valence-corrected chi connectivity index (χ1v) is 5.85. The summed E-state index contributed by atoms with van der Waals surface area (Å²) in [7, 11) is 0. The number of aromatic carboxylic acids is 1. The number of ether oxygens (including phenoxy) is 1. The van der Waals surface area contributed by atoms with Crippen LogP contribution in [0.15, 0.2) is 36.4 Å². The Morgan fingerprint density at radius 3 is 2.57 bits per heavy atom. The van der Waals surface area contributed by atoms with Gasteiger partial charge in [0.2, 0.25) is 0 Å². The van der Waals surface area contributed by atoms with Gasteiger partial charge >= 0.3 is 5.97 Å². The van der Waals surface area contributed by atoms with E-state index in [0.29, 0.717) is 5.56 Å². The molecule has 0 aliphatic heterocycles. The number of carboxylic acid groups (broad SMARTS) is 1. The van der Waals surface area contributed by atoms with Crippen LogP contribution in [-0.4, -0.2) is 11.1 Å². The van der Waals surface area contributed by atoms with Gasteiger partial charge in [0.15, 0.2) is 0 Å². The molecule has 0 amide bonds. The quantitative estimate of drug-likeness (QED) is 0.938. The molecular formula is C15H9F2NO3. The summed E-state index contributed by atoms with van der Waals surface area (Å²) in [4.78, 5) is 10.7. The lowest BCUT2D eigenvalue weighted by Gasteiger charge is -2.08. The standard InChI is InChI=1S/C15H9F2NO3/c16-13-4-1-9(5-10(13)7-18)8-21-11-2-3-12(15(19)20)14(17)6-11/h1-6H,8H2,(H,19,20). The molecule has 2 rings (SSSR count). The van der Waals surface area contributed by atoms with Gasteiger partial charge < -0.3 is 9.84 Å². The highest BCUT2D eigenvalue weighted by Gasteiger charge is 2.11. The summed E-state index contributed by atoms with van der Waals surface area (Å²) in [5.74, 6) is -2.76. The molecule has 2 aromatic carbocycles. The number of carboxylic acids is 1. The van der Waals surface area contributed by atoms with Gasteiger partial charge in [0.1, 0.15) is 30.1 Å². The first-order chi connectivity index (χ1) is 10.0. The Morgan fingerprint density at radius 1 is 1.19 bits per heavy atom. The third kappa shape index (κ3) is 3.34. The fourth-order valence-electron chi connectivity index (χ4n) is 1.67. The van der Waals surface area contributed by atoms with Crippen molar-refractivity contribution >= 4 is 5.97 Å². The molecule has 4 nitrogen and oxygen atoms in total. The molecule has 0 saturated carbocycles. The highest BCUT2D eigenvalue weighted by molar-refractivity contribution is 5.88. The zero-order chi connectivity index (χ0) is 15.4. The fourth-order valence-corrected chi connectivity index (χ4v) is 1.67. The maximum atomic E-state index is 13.4. The average Bonchev–Trinajstić information content (AvgIpc) is 2.46. The van der Waals surface area contributed by atoms with E-state index in [-0.39, 0.29) is 17.9 Å². The second-order valence-corrected chi connectivity index (χ2v) is 4.16. The van der Waals surface area contributed by atoms with Crippen molar-refractivity contribution in [1.29, 1.82) is 5.26 Å². The van der Waals surface area contributed by atoms with Crippen molar-refractivity contribution in [3.05, 3.63) is 64.7 Å². The van der Waals surface area contributed by atoms with E-state index in [2.05, 4.69) is 0 Å². The monoisotopic (exact) mass is 289 g/mol. The van der Waals surface area contributed by atoms with Gasteiger partial charge in [-0.05, 0) is 29.8 Å². The van der Waals surface area contributed by atoms with Crippen LogP contribution >= 0.6 is 0 Å². The molecule has 6 heteroatoms. The number of nitriles is 1. The normalized spacial score (nSPS) is 9.95. The minimum Gasteiger partial charge on any atom is -0.489 e. The fraction of sp³-hybridized carbons (Fsp3) is 0.0667. The molecular weight excluding hydrogens is 280 g/mol. The van der Waals surface area contributed by atoms with Crippen molar-refractivity contribution in [2.75, 3.05) is 0 Å². The zero-order valence-electron chi connectivity index (χ0n) is 10.6. The lowest BCUT2D eigenvalue weighted by atomic mass is 10.1. The minimum atomic E-state index is -1.36. The second kappa shape index (κ2) is 6.01. The van der Waals surface area contributed by atoms with Crippen molar-refractivity contribution in [1.82, 2.24) is 0 Å². The minimum absolute atomic E-state index is 0.000812. The van der Waals surface area contributed by atoms with E-state index in [1.54, 1.807) is 6.07 Å². The van der Waals surface area contributed by atoms with E-state index >= 15 is 0 Å². The van der Waals surface area contributed by atoms with Crippen LogP contribution in [0, 0.1) is 23.0 Å². The van der Waals surface area contributed by atoms with Crippen molar-refractivity contribution in [2.24, 2.45) is 0 Å². The number of hydrogen-bond acceptors (Lipinski definition) is 3. The van der Waals surface area contributed by atoms with Crippen molar-refractivity contribution in [3.63, 3.8) is 0 Å². The van der Waals surface area contributed by atoms with Crippen LogP contribution in [0.1, 0.15) is 21.5 Å². The Labute approximate surface area is 118 Å². The summed E-state index contributed by atoms with van der Waals surface area (Å²) < 4.78 is 31.9. The SMILES string of the molecule is N#Cc1cc(COc2ccc(C(=O)O)c(F)c2)ccc1F. The third-order valence-corrected chi connectivity index (χ3v) is 2.73. The Morgan fingerprint density at radius 2 is 1.95 bits per heavy atom. The van der Waals surface area contributed by atoms with Gasteiger partial charge in [0, 0.05) is 6.07 Å². The molecule has 0 aliphatic rings. The van der Waals surface area contributed by atoms with E-state index in [1.165, 1.54) is 18.2 Å². The largest absolute Gasteiger partial charge is 0.489 e. The Balaban J connectivity index is 2.12. The third-order valence-electron chi connectivity index (χ3n) is 2.73. The van der Waals surface area contributed by atoms with Crippen LogP contribution in [-0.2, 0) is 6.61 Å². The average molecular weight is 289 g/mol. The Bertz CT molecular complexity index is 738. The lowest BCUT2D eigenvalue weighted by molar-refractivity contribution is 0.0692. The molecule has 1 N–H and O–H groups in total. The molecule has 0 heterocycles. The number of carbonyl (C=O) groups is 1. The highest BCUT2D eigenvalue weighted by Crippen LogP contribution is 2.18. The van der Waals surface area contributed by atoms with Gasteiger partial charge in [-0.1, -0.05) is 6.07 Å². The number of benzene rings is 2. The molecule has 0 aliphatic carbocycles. The van der Waals surface area contributed by atoms with Crippen LogP contribution in [0.2, 0.25) is 0 Å². The van der Waals surface area contributed by atoms with Crippen molar-refractivity contribution in [2.45, 2.75) is 6.61 Å². The summed E-state index contributed by atoms with van der Waals surface area (Å²) in [5, 5.41) is 17.4. The van der Waals surface area contributed by atoms with Crippen LogP contribution in [0.4, 0.5) is 8.78 Å². The maximum Gasteiger partial charge on any atom is 0.338 e. The molecule has 21 heavy (non-hydrogen) atoms. The molecule has 2 aromatic rings. The summed E-state index contributed by atoms with van der Waals surface area (Å²) in [6.45, 7) is 0.000812. The maximum absolute atomic E-state index is 13.4. The van der Waals surface area contributed by atoms with Gasteiger partial charge in [-0.3, -0.25) is 0 Å².